The van der Waals surface area contributed by atoms with E-state index in [0.717, 1.165) is 36.0 Å². The average Bonchev–Trinajstić information content (AvgIpc) is 3.20. The van der Waals surface area contributed by atoms with E-state index < -0.39 is 23.0 Å². The molecule has 1 aromatic carbocycles. The van der Waals surface area contributed by atoms with Crippen molar-refractivity contribution in [2.24, 2.45) is 0 Å². The number of benzene rings is 1. The lowest BCUT2D eigenvalue weighted by molar-refractivity contribution is -0.137. The van der Waals surface area contributed by atoms with Crippen molar-refractivity contribution in [2.75, 3.05) is 0 Å². The van der Waals surface area contributed by atoms with Crippen LogP contribution >= 0.6 is 11.6 Å². The fourth-order valence-electron chi connectivity index (χ4n) is 3.71. The fraction of sp³-hybridized carbons (Fsp3) is 0.478. The maximum Gasteiger partial charge on any atom is 0.416 e. The Balaban J connectivity index is 1.56. The van der Waals surface area contributed by atoms with Crippen molar-refractivity contribution in [1.29, 1.82) is 0 Å². The lowest BCUT2D eigenvalue weighted by Crippen LogP contribution is -2.40. The first-order chi connectivity index (χ1) is 16.6. The summed E-state index contributed by atoms with van der Waals surface area (Å²) in [5.41, 5.74) is -0.771. The second-order valence-electron chi connectivity index (χ2n) is 8.25. The predicted octanol–water partition coefficient (Wildman–Crippen LogP) is 4.24. The largest absolute Gasteiger partial charge is 0.416 e. The second-order valence-corrected chi connectivity index (χ2v) is 8.61. The number of rotatable bonds is 11. The maximum absolute atomic E-state index is 13.0. The van der Waals surface area contributed by atoms with Crippen LogP contribution in [0.15, 0.2) is 33.9 Å². The molecule has 0 fully saturated rings. The van der Waals surface area contributed by atoms with E-state index in [1.165, 1.54) is 16.7 Å². The van der Waals surface area contributed by atoms with Crippen molar-refractivity contribution in [1.82, 2.24) is 24.4 Å². The molecule has 0 aliphatic rings. The second kappa shape index (κ2) is 11.6. The molecule has 35 heavy (non-hydrogen) atoms. The molecule has 0 bridgehead atoms. The molecule has 0 unspecified atom stereocenters. The van der Waals surface area contributed by atoms with Crippen LogP contribution in [0, 0.1) is 0 Å². The molecule has 2 aromatic heterocycles. The Morgan fingerprint density at radius 1 is 1.06 bits per heavy atom. The quantitative estimate of drug-likeness (QED) is 0.296. The standard InChI is InChI=1S/C23H27ClF3N5O3/c1-2-3-5-12-31-19-18(29-21(24)30-19)20(34)32(22(31)35)13-6-4-7-17(33)28-14-15-8-10-16(11-9-15)23(25,26)27/h8-11H,2-7,12-14H2,1H3,(H,28,33)(H,29,30). The van der Waals surface area contributed by atoms with Gasteiger partial charge in [-0.1, -0.05) is 31.9 Å². The first-order valence-corrected chi connectivity index (χ1v) is 11.8. The zero-order valence-electron chi connectivity index (χ0n) is 19.3. The topological polar surface area (TPSA) is 102 Å². The fourth-order valence-corrected chi connectivity index (χ4v) is 3.89. The van der Waals surface area contributed by atoms with Crippen molar-refractivity contribution in [3.63, 3.8) is 0 Å². The number of hydrogen-bond donors (Lipinski definition) is 2. The van der Waals surface area contributed by atoms with Gasteiger partial charge >= 0.3 is 11.9 Å². The Morgan fingerprint density at radius 2 is 1.71 bits per heavy atom. The van der Waals surface area contributed by atoms with Crippen molar-refractivity contribution in [3.8, 4) is 0 Å². The van der Waals surface area contributed by atoms with E-state index in [2.05, 4.69) is 15.3 Å². The molecule has 0 saturated heterocycles. The summed E-state index contributed by atoms with van der Waals surface area (Å²) in [6, 6.07) is 4.58. The van der Waals surface area contributed by atoms with Gasteiger partial charge in [0.15, 0.2) is 11.2 Å². The zero-order chi connectivity index (χ0) is 25.6. The summed E-state index contributed by atoms with van der Waals surface area (Å²) in [7, 11) is 0. The van der Waals surface area contributed by atoms with E-state index in [-0.39, 0.29) is 41.9 Å². The SMILES string of the molecule is CCCCCn1c(=O)n(CCCCC(=O)NCc2ccc(C(F)(F)F)cc2)c(=O)c2[nH]c(Cl)nc21. The first-order valence-electron chi connectivity index (χ1n) is 11.4. The highest BCUT2D eigenvalue weighted by Crippen LogP contribution is 2.29. The zero-order valence-corrected chi connectivity index (χ0v) is 20.0. The van der Waals surface area contributed by atoms with E-state index in [1.54, 1.807) is 0 Å². The highest BCUT2D eigenvalue weighted by Gasteiger charge is 2.29. The number of fused-ring (bicyclic) bond motifs is 1. The Bertz CT molecular complexity index is 1280. The molecule has 0 atom stereocenters. The summed E-state index contributed by atoms with van der Waals surface area (Å²) in [5, 5.41) is 2.69. The monoisotopic (exact) mass is 513 g/mol. The third-order valence-corrected chi connectivity index (χ3v) is 5.80. The van der Waals surface area contributed by atoms with Gasteiger partial charge in [-0.15, -0.1) is 0 Å². The molecule has 0 aliphatic carbocycles. The predicted molar refractivity (Wildman–Crippen MR) is 126 cm³/mol. The number of nitrogens with one attached hydrogen (secondary N) is 2. The van der Waals surface area contributed by atoms with Crippen LogP contribution < -0.4 is 16.6 Å². The van der Waals surface area contributed by atoms with Gasteiger partial charge in [0.05, 0.1) is 5.56 Å². The van der Waals surface area contributed by atoms with E-state index in [0.29, 0.717) is 24.9 Å². The Hall–Kier alpha value is -3.08. The van der Waals surface area contributed by atoms with Gasteiger partial charge in [-0.05, 0) is 48.6 Å². The molecular formula is C23H27ClF3N5O3. The molecule has 12 heteroatoms. The molecule has 0 radical (unpaired) electrons. The number of nitrogens with zero attached hydrogens (tertiary/aromatic N) is 3. The molecule has 190 valence electrons. The van der Waals surface area contributed by atoms with Crippen molar-refractivity contribution < 1.29 is 18.0 Å². The number of amides is 1. The summed E-state index contributed by atoms with van der Waals surface area (Å²) >= 11 is 5.93. The maximum atomic E-state index is 13.0. The summed E-state index contributed by atoms with van der Waals surface area (Å²) in [4.78, 5) is 44.7. The number of alkyl halides is 3. The minimum absolute atomic E-state index is 0.0307. The number of halogens is 4. The number of aromatic nitrogens is 4. The summed E-state index contributed by atoms with van der Waals surface area (Å²) in [5.74, 6) is -0.273. The Kier molecular flexibility index (Phi) is 8.76. The van der Waals surface area contributed by atoms with Crippen LogP contribution in [0.2, 0.25) is 5.28 Å². The van der Waals surface area contributed by atoms with Crippen LogP contribution in [-0.2, 0) is 30.6 Å². The van der Waals surface area contributed by atoms with Crippen LogP contribution in [0.1, 0.15) is 56.6 Å². The number of H-pyrrole nitrogens is 1. The number of carbonyl (C=O) groups is 1. The minimum Gasteiger partial charge on any atom is -0.352 e. The molecule has 8 nitrogen and oxygen atoms in total. The molecule has 3 rings (SSSR count). The van der Waals surface area contributed by atoms with Crippen molar-refractivity contribution in [3.05, 3.63) is 61.5 Å². The number of unbranched alkanes of at least 4 members (excludes halogenated alkanes) is 3. The highest BCUT2D eigenvalue weighted by atomic mass is 35.5. The summed E-state index contributed by atoms with van der Waals surface area (Å²) in [6.07, 6.45) is -0.776. The van der Waals surface area contributed by atoms with Gasteiger partial charge in [0.2, 0.25) is 11.2 Å². The van der Waals surface area contributed by atoms with E-state index in [9.17, 15) is 27.6 Å². The van der Waals surface area contributed by atoms with Gasteiger partial charge in [0, 0.05) is 26.1 Å². The number of carbonyl (C=O) groups excluding carboxylic acids is 1. The van der Waals surface area contributed by atoms with Crippen LogP contribution in [-0.4, -0.2) is 25.0 Å². The van der Waals surface area contributed by atoms with Crippen molar-refractivity contribution >= 4 is 28.7 Å². The number of imidazole rings is 1. The summed E-state index contributed by atoms with van der Waals surface area (Å²) in [6.45, 7) is 2.70. The normalized spacial score (nSPS) is 11.8. The number of aryl methyl sites for hydroxylation is 1. The molecule has 1 amide bonds. The molecular weight excluding hydrogens is 487 g/mol. The van der Waals surface area contributed by atoms with Gasteiger partial charge in [0.25, 0.3) is 5.56 Å². The van der Waals surface area contributed by atoms with E-state index >= 15 is 0 Å². The van der Waals surface area contributed by atoms with Crippen molar-refractivity contribution in [2.45, 2.75) is 71.3 Å². The van der Waals surface area contributed by atoms with Gasteiger partial charge in [0.1, 0.15) is 0 Å². The smallest absolute Gasteiger partial charge is 0.352 e. The molecule has 2 N–H and O–H groups in total. The molecule has 0 spiro atoms. The van der Waals surface area contributed by atoms with Gasteiger partial charge in [-0.25, -0.2) is 4.79 Å². The van der Waals surface area contributed by atoms with Gasteiger partial charge in [-0.3, -0.25) is 18.7 Å². The lowest BCUT2D eigenvalue weighted by atomic mass is 10.1. The third-order valence-electron chi connectivity index (χ3n) is 5.62. The Labute approximate surface area is 204 Å². The van der Waals surface area contributed by atoms with Crippen LogP contribution in [0.5, 0.6) is 0 Å². The summed E-state index contributed by atoms with van der Waals surface area (Å²) < 4.78 is 40.5. The average molecular weight is 514 g/mol. The molecule has 0 aliphatic heterocycles. The lowest BCUT2D eigenvalue weighted by Gasteiger charge is -2.11. The highest BCUT2D eigenvalue weighted by molar-refractivity contribution is 6.28. The van der Waals surface area contributed by atoms with Crippen LogP contribution in [0.3, 0.4) is 0 Å². The number of hydrogen-bond acceptors (Lipinski definition) is 4. The van der Waals surface area contributed by atoms with E-state index in [4.69, 9.17) is 11.6 Å². The first kappa shape index (κ1) is 26.5. The molecule has 3 aromatic rings. The van der Waals surface area contributed by atoms with Crippen LogP contribution in [0.4, 0.5) is 13.2 Å². The van der Waals surface area contributed by atoms with Crippen LogP contribution in [0.25, 0.3) is 11.2 Å². The van der Waals surface area contributed by atoms with Gasteiger partial charge in [-0.2, -0.15) is 18.2 Å². The van der Waals surface area contributed by atoms with Gasteiger partial charge < -0.3 is 10.3 Å². The minimum atomic E-state index is -4.41. The number of aromatic amines is 1. The Morgan fingerprint density at radius 3 is 2.37 bits per heavy atom. The molecule has 0 saturated carbocycles. The third kappa shape index (κ3) is 6.74. The molecule has 2 heterocycles. The van der Waals surface area contributed by atoms with E-state index in [1.807, 2.05) is 6.92 Å².